The lowest BCUT2D eigenvalue weighted by Crippen LogP contribution is -2.08. The topological polar surface area (TPSA) is 9.23 Å². The molecule has 1 aromatic rings. The number of ether oxygens (including phenoxy) is 1. The van der Waals surface area contributed by atoms with Gasteiger partial charge in [-0.2, -0.15) is 13.2 Å². The summed E-state index contributed by atoms with van der Waals surface area (Å²) in [6, 6.07) is 3.40. The smallest absolute Gasteiger partial charge is 0.416 e. The number of hydrogen-bond donors (Lipinski definition) is 0. The SMILES string of the molecule is C=Cc1cc(C(F)(F)F)ccc1OCC(C)C. The summed E-state index contributed by atoms with van der Waals surface area (Å²) in [4.78, 5) is 0. The van der Waals surface area contributed by atoms with Crippen LogP contribution in [-0.2, 0) is 6.18 Å². The van der Waals surface area contributed by atoms with Crippen molar-refractivity contribution in [1.82, 2.24) is 0 Å². The van der Waals surface area contributed by atoms with Crippen LogP contribution in [0.1, 0.15) is 25.0 Å². The highest BCUT2D eigenvalue weighted by Crippen LogP contribution is 2.33. The maximum atomic E-state index is 12.5. The summed E-state index contributed by atoms with van der Waals surface area (Å²) in [6.45, 7) is 7.90. The van der Waals surface area contributed by atoms with Gasteiger partial charge in [0.1, 0.15) is 5.75 Å². The van der Waals surface area contributed by atoms with Gasteiger partial charge in [0.15, 0.2) is 0 Å². The van der Waals surface area contributed by atoms with Gasteiger partial charge < -0.3 is 4.74 Å². The van der Waals surface area contributed by atoms with Crippen LogP contribution in [0, 0.1) is 5.92 Å². The van der Waals surface area contributed by atoms with Crippen molar-refractivity contribution < 1.29 is 17.9 Å². The van der Waals surface area contributed by atoms with E-state index in [1.54, 1.807) is 0 Å². The molecule has 0 aliphatic carbocycles. The minimum absolute atomic E-state index is 0.315. The minimum atomic E-state index is -4.34. The van der Waals surface area contributed by atoms with E-state index in [0.29, 0.717) is 23.8 Å². The molecule has 17 heavy (non-hydrogen) atoms. The van der Waals surface area contributed by atoms with Crippen molar-refractivity contribution in [2.45, 2.75) is 20.0 Å². The molecule has 0 amide bonds. The maximum Gasteiger partial charge on any atom is 0.416 e. The summed E-state index contributed by atoms with van der Waals surface area (Å²) in [5.74, 6) is 0.747. The van der Waals surface area contributed by atoms with E-state index in [4.69, 9.17) is 4.74 Å². The lowest BCUT2D eigenvalue weighted by Gasteiger charge is -2.13. The summed E-state index contributed by atoms with van der Waals surface area (Å²) in [7, 11) is 0. The molecule has 1 aromatic carbocycles. The monoisotopic (exact) mass is 244 g/mol. The average Bonchev–Trinajstić information content (AvgIpc) is 2.24. The van der Waals surface area contributed by atoms with Crippen molar-refractivity contribution in [3.8, 4) is 5.75 Å². The zero-order valence-electron chi connectivity index (χ0n) is 9.84. The Hall–Kier alpha value is -1.45. The van der Waals surface area contributed by atoms with E-state index in [1.165, 1.54) is 12.1 Å². The Morgan fingerprint density at radius 2 is 2.00 bits per heavy atom. The van der Waals surface area contributed by atoms with Crippen LogP contribution in [-0.4, -0.2) is 6.61 Å². The van der Waals surface area contributed by atoms with E-state index in [9.17, 15) is 13.2 Å². The van der Waals surface area contributed by atoms with Crippen LogP contribution in [0.2, 0.25) is 0 Å². The van der Waals surface area contributed by atoms with Crippen molar-refractivity contribution in [3.63, 3.8) is 0 Å². The standard InChI is InChI=1S/C13H15F3O/c1-4-10-7-11(13(14,15)16)5-6-12(10)17-8-9(2)3/h4-7,9H,1,8H2,2-3H3. The van der Waals surface area contributed by atoms with Crippen molar-refractivity contribution in [3.05, 3.63) is 35.9 Å². The predicted octanol–water partition coefficient (Wildman–Crippen LogP) is 4.38. The number of hydrogen-bond acceptors (Lipinski definition) is 1. The molecule has 1 rings (SSSR count). The Labute approximate surface area is 98.9 Å². The van der Waals surface area contributed by atoms with Crippen LogP contribution in [0.15, 0.2) is 24.8 Å². The van der Waals surface area contributed by atoms with Crippen molar-refractivity contribution in [2.24, 2.45) is 5.92 Å². The van der Waals surface area contributed by atoms with Gasteiger partial charge in [0.2, 0.25) is 0 Å². The number of halogens is 3. The molecule has 0 aromatic heterocycles. The molecule has 0 atom stereocenters. The largest absolute Gasteiger partial charge is 0.493 e. The zero-order chi connectivity index (χ0) is 13.1. The number of benzene rings is 1. The molecule has 0 saturated carbocycles. The van der Waals surface area contributed by atoms with E-state index in [-0.39, 0.29) is 0 Å². The number of alkyl halides is 3. The summed E-state index contributed by atoms with van der Waals surface area (Å²) in [6.07, 6.45) is -2.97. The van der Waals surface area contributed by atoms with Gasteiger partial charge in [0.25, 0.3) is 0 Å². The molecule has 0 heterocycles. The molecule has 0 spiro atoms. The molecule has 0 aliphatic rings. The van der Waals surface area contributed by atoms with Crippen LogP contribution in [0.5, 0.6) is 5.75 Å². The quantitative estimate of drug-likeness (QED) is 0.763. The fraction of sp³-hybridized carbons (Fsp3) is 0.385. The molecule has 0 bridgehead atoms. The third-order valence-electron chi connectivity index (χ3n) is 2.13. The van der Waals surface area contributed by atoms with Gasteiger partial charge in [-0.3, -0.25) is 0 Å². The van der Waals surface area contributed by atoms with E-state index < -0.39 is 11.7 Å². The van der Waals surface area contributed by atoms with Crippen LogP contribution in [0.3, 0.4) is 0 Å². The first kappa shape index (κ1) is 13.6. The van der Waals surface area contributed by atoms with Crippen molar-refractivity contribution in [1.29, 1.82) is 0 Å². The highest BCUT2D eigenvalue weighted by molar-refractivity contribution is 5.57. The number of rotatable bonds is 4. The van der Waals surface area contributed by atoms with Gasteiger partial charge in [-0.1, -0.05) is 26.5 Å². The fourth-order valence-electron chi connectivity index (χ4n) is 1.27. The van der Waals surface area contributed by atoms with E-state index in [2.05, 4.69) is 6.58 Å². The van der Waals surface area contributed by atoms with Crippen LogP contribution in [0.25, 0.3) is 6.08 Å². The fourth-order valence-corrected chi connectivity index (χ4v) is 1.27. The summed E-state index contributed by atoms with van der Waals surface area (Å²) < 4.78 is 42.8. The maximum absolute atomic E-state index is 12.5. The third kappa shape index (κ3) is 3.80. The Bertz CT molecular complexity index is 394. The first-order valence-electron chi connectivity index (χ1n) is 5.31. The van der Waals surface area contributed by atoms with Gasteiger partial charge in [-0.15, -0.1) is 0 Å². The molecule has 1 nitrogen and oxygen atoms in total. The summed E-state index contributed by atoms with van der Waals surface area (Å²) in [5.41, 5.74) is -0.329. The molecule has 0 unspecified atom stereocenters. The second-order valence-corrected chi connectivity index (χ2v) is 4.16. The van der Waals surface area contributed by atoms with Crippen molar-refractivity contribution >= 4 is 6.08 Å². The summed E-state index contributed by atoms with van der Waals surface area (Å²) >= 11 is 0. The lowest BCUT2D eigenvalue weighted by molar-refractivity contribution is -0.137. The van der Waals surface area contributed by atoms with Gasteiger partial charge in [-0.05, 0) is 24.1 Å². The molecule has 0 fully saturated rings. The van der Waals surface area contributed by atoms with Gasteiger partial charge in [0.05, 0.1) is 12.2 Å². The molecular weight excluding hydrogens is 229 g/mol. The zero-order valence-corrected chi connectivity index (χ0v) is 9.84. The molecule has 0 aliphatic heterocycles. The second-order valence-electron chi connectivity index (χ2n) is 4.16. The highest BCUT2D eigenvalue weighted by Gasteiger charge is 2.30. The second kappa shape index (κ2) is 5.25. The van der Waals surface area contributed by atoms with Crippen LogP contribution in [0.4, 0.5) is 13.2 Å². The molecule has 0 saturated heterocycles. The first-order chi connectivity index (χ1) is 7.84. The average molecular weight is 244 g/mol. The predicted molar refractivity (Wildman–Crippen MR) is 61.9 cm³/mol. The normalized spacial score (nSPS) is 11.6. The highest BCUT2D eigenvalue weighted by atomic mass is 19.4. The Kier molecular flexibility index (Phi) is 4.21. The van der Waals surface area contributed by atoms with Gasteiger partial charge >= 0.3 is 6.18 Å². The third-order valence-corrected chi connectivity index (χ3v) is 2.13. The molecule has 0 radical (unpaired) electrons. The minimum Gasteiger partial charge on any atom is -0.493 e. The van der Waals surface area contributed by atoms with E-state index in [1.807, 2.05) is 13.8 Å². The molecule has 4 heteroatoms. The Morgan fingerprint density at radius 1 is 1.35 bits per heavy atom. The van der Waals surface area contributed by atoms with Crippen LogP contribution >= 0.6 is 0 Å². The summed E-state index contributed by atoms with van der Waals surface area (Å²) in [5, 5.41) is 0. The molecule has 94 valence electrons. The first-order valence-corrected chi connectivity index (χ1v) is 5.31. The van der Waals surface area contributed by atoms with Crippen LogP contribution < -0.4 is 4.74 Å². The molecular formula is C13H15F3O. The van der Waals surface area contributed by atoms with Gasteiger partial charge in [0, 0.05) is 5.56 Å². The van der Waals surface area contributed by atoms with Crippen molar-refractivity contribution in [2.75, 3.05) is 6.61 Å². The lowest BCUT2D eigenvalue weighted by atomic mass is 10.1. The van der Waals surface area contributed by atoms with Gasteiger partial charge in [-0.25, -0.2) is 0 Å². The molecule has 0 N–H and O–H groups in total. The Morgan fingerprint density at radius 3 is 2.47 bits per heavy atom. The Balaban J connectivity index is 2.98. The van der Waals surface area contributed by atoms with E-state index >= 15 is 0 Å². The van der Waals surface area contributed by atoms with E-state index in [0.717, 1.165) is 12.1 Å².